The molecule has 1 nitrogen and oxygen atoms in total. The van der Waals surface area contributed by atoms with Crippen molar-refractivity contribution < 1.29 is 44.3 Å². The van der Waals surface area contributed by atoms with Gasteiger partial charge in [0.2, 0.25) is 5.75 Å². The molecule has 1 fully saturated rings. The predicted molar refractivity (Wildman–Crippen MR) is 129 cm³/mol. The molecular formula is C29H21F9O. The second kappa shape index (κ2) is 11.2. The Morgan fingerprint density at radius 1 is 0.692 bits per heavy atom. The standard InChI is InChI=1S/C29H21F9O/c1-2-15-3-6-17(7-4-15)18-11-21(30)20(22(31)12-18)8-5-16-9-23(32)27(24(33)10-16)19-13-25(34)28(26(35)14-19)39-29(36,37)38/h2,5,8-15,17H,1,3-4,6-7H2. The van der Waals surface area contributed by atoms with Crippen LogP contribution in [0.2, 0.25) is 0 Å². The van der Waals surface area contributed by atoms with E-state index in [-0.39, 0.29) is 23.6 Å². The summed E-state index contributed by atoms with van der Waals surface area (Å²) < 4.78 is 127. The minimum Gasteiger partial charge on any atom is -0.399 e. The number of halogens is 9. The Hall–Kier alpha value is -3.69. The highest BCUT2D eigenvalue weighted by Gasteiger charge is 2.34. The maximum absolute atomic E-state index is 14.8. The average Bonchev–Trinajstić information content (AvgIpc) is 2.85. The van der Waals surface area contributed by atoms with E-state index in [1.54, 1.807) is 0 Å². The lowest BCUT2D eigenvalue weighted by Crippen LogP contribution is -2.19. The Kier molecular flexibility index (Phi) is 8.13. The molecule has 3 aromatic carbocycles. The van der Waals surface area contributed by atoms with Gasteiger partial charge >= 0.3 is 6.36 Å². The first-order valence-electron chi connectivity index (χ1n) is 11.9. The van der Waals surface area contributed by atoms with Crippen molar-refractivity contribution in [3.8, 4) is 16.9 Å². The van der Waals surface area contributed by atoms with Crippen LogP contribution >= 0.6 is 0 Å². The summed E-state index contributed by atoms with van der Waals surface area (Å²) in [6.07, 6.45) is 1.81. The highest BCUT2D eigenvalue weighted by molar-refractivity contribution is 5.73. The van der Waals surface area contributed by atoms with Gasteiger partial charge in [0.15, 0.2) is 11.6 Å². The summed E-state index contributed by atoms with van der Waals surface area (Å²) in [4.78, 5) is 0. The second-order valence-electron chi connectivity index (χ2n) is 9.26. The molecule has 39 heavy (non-hydrogen) atoms. The minimum atomic E-state index is -5.39. The molecule has 0 bridgehead atoms. The molecule has 1 saturated carbocycles. The third-order valence-electron chi connectivity index (χ3n) is 6.69. The minimum absolute atomic E-state index is 0.00253. The molecule has 0 spiro atoms. The summed E-state index contributed by atoms with van der Waals surface area (Å²) in [5.41, 5.74) is -1.71. The van der Waals surface area contributed by atoms with E-state index in [9.17, 15) is 39.5 Å². The van der Waals surface area contributed by atoms with Crippen molar-refractivity contribution in [3.63, 3.8) is 0 Å². The van der Waals surface area contributed by atoms with E-state index in [1.165, 1.54) is 12.1 Å². The van der Waals surface area contributed by atoms with Gasteiger partial charge in [-0.15, -0.1) is 19.8 Å². The fourth-order valence-corrected chi connectivity index (χ4v) is 4.75. The Morgan fingerprint density at radius 2 is 1.23 bits per heavy atom. The van der Waals surface area contributed by atoms with Gasteiger partial charge in [-0.1, -0.05) is 12.2 Å². The maximum atomic E-state index is 14.8. The summed E-state index contributed by atoms with van der Waals surface area (Å²) in [5, 5.41) is 0. The Labute approximate surface area is 218 Å². The zero-order chi connectivity index (χ0) is 28.5. The largest absolute Gasteiger partial charge is 0.573 e. The molecule has 0 radical (unpaired) electrons. The van der Waals surface area contributed by atoms with Gasteiger partial charge in [-0.25, -0.2) is 26.3 Å². The van der Waals surface area contributed by atoms with Crippen molar-refractivity contribution >= 4 is 12.2 Å². The lowest BCUT2D eigenvalue weighted by molar-refractivity contribution is -0.276. The average molecular weight is 556 g/mol. The van der Waals surface area contributed by atoms with Gasteiger partial charge in [0.05, 0.1) is 5.56 Å². The molecule has 0 amide bonds. The number of rotatable bonds is 6. The van der Waals surface area contributed by atoms with Crippen LogP contribution in [0.5, 0.6) is 5.75 Å². The number of hydrogen-bond donors (Lipinski definition) is 0. The van der Waals surface area contributed by atoms with Crippen LogP contribution in [0.25, 0.3) is 23.3 Å². The lowest BCUT2D eigenvalue weighted by Gasteiger charge is -2.27. The molecule has 0 saturated heterocycles. The van der Waals surface area contributed by atoms with Crippen molar-refractivity contribution in [2.75, 3.05) is 0 Å². The van der Waals surface area contributed by atoms with Crippen LogP contribution in [0.3, 0.4) is 0 Å². The molecule has 0 N–H and O–H groups in total. The fraction of sp³-hybridized carbons (Fsp3) is 0.241. The summed E-state index contributed by atoms with van der Waals surface area (Å²) in [7, 11) is 0. The third kappa shape index (κ3) is 6.49. The SMILES string of the molecule is C=CC1CCC(c2cc(F)c(C=Cc3cc(F)c(-c4cc(F)c(OC(F)(F)F)c(F)c4)c(F)c3)c(F)c2)CC1. The number of allylic oxidation sites excluding steroid dienone is 1. The molecule has 206 valence electrons. The van der Waals surface area contributed by atoms with Crippen molar-refractivity contribution in [1.29, 1.82) is 0 Å². The number of hydrogen-bond acceptors (Lipinski definition) is 1. The molecule has 10 heteroatoms. The van der Waals surface area contributed by atoms with E-state index in [2.05, 4.69) is 11.3 Å². The topological polar surface area (TPSA) is 9.23 Å². The van der Waals surface area contributed by atoms with Crippen molar-refractivity contribution in [2.24, 2.45) is 5.92 Å². The first-order valence-corrected chi connectivity index (χ1v) is 11.9. The second-order valence-corrected chi connectivity index (χ2v) is 9.26. The summed E-state index contributed by atoms with van der Waals surface area (Å²) in [6.45, 7) is 3.78. The lowest BCUT2D eigenvalue weighted by atomic mass is 9.78. The Morgan fingerprint density at radius 3 is 1.72 bits per heavy atom. The fourth-order valence-electron chi connectivity index (χ4n) is 4.75. The first-order chi connectivity index (χ1) is 18.4. The maximum Gasteiger partial charge on any atom is 0.573 e. The Balaban J connectivity index is 1.58. The van der Waals surface area contributed by atoms with Crippen molar-refractivity contribution in [3.05, 3.63) is 101 Å². The quantitative estimate of drug-likeness (QED) is 0.167. The smallest absolute Gasteiger partial charge is 0.399 e. The monoisotopic (exact) mass is 556 g/mol. The van der Waals surface area contributed by atoms with Crippen LogP contribution < -0.4 is 4.74 Å². The van der Waals surface area contributed by atoms with E-state index in [0.29, 0.717) is 11.5 Å². The van der Waals surface area contributed by atoms with E-state index in [1.807, 2.05) is 6.08 Å². The van der Waals surface area contributed by atoms with Crippen LogP contribution in [0, 0.1) is 40.8 Å². The number of benzene rings is 3. The van der Waals surface area contributed by atoms with E-state index < -0.39 is 63.7 Å². The normalized spacial score (nSPS) is 18.0. The summed E-state index contributed by atoms with van der Waals surface area (Å²) in [6, 6.07) is 4.54. The molecule has 0 unspecified atom stereocenters. The molecule has 0 heterocycles. The Bertz CT molecular complexity index is 1350. The number of alkyl halides is 3. The molecule has 1 aliphatic carbocycles. The van der Waals surface area contributed by atoms with Gasteiger partial charge in [0, 0.05) is 5.56 Å². The van der Waals surface area contributed by atoms with Gasteiger partial charge in [-0.2, -0.15) is 0 Å². The van der Waals surface area contributed by atoms with Crippen LogP contribution in [-0.4, -0.2) is 6.36 Å². The van der Waals surface area contributed by atoms with Gasteiger partial charge < -0.3 is 4.74 Å². The van der Waals surface area contributed by atoms with Gasteiger partial charge in [-0.05, 0) is 96.7 Å². The number of ether oxygens (including phenoxy) is 1. The van der Waals surface area contributed by atoms with Gasteiger partial charge in [0.1, 0.15) is 23.3 Å². The van der Waals surface area contributed by atoms with Crippen molar-refractivity contribution in [1.82, 2.24) is 0 Å². The predicted octanol–water partition coefficient (Wildman–Crippen LogP) is 9.72. The molecule has 4 rings (SSSR count). The van der Waals surface area contributed by atoms with E-state index >= 15 is 0 Å². The highest BCUT2D eigenvalue weighted by atomic mass is 19.4. The van der Waals surface area contributed by atoms with Gasteiger partial charge in [-0.3, -0.25) is 0 Å². The third-order valence-corrected chi connectivity index (χ3v) is 6.69. The van der Waals surface area contributed by atoms with Crippen LogP contribution in [0.15, 0.2) is 49.1 Å². The zero-order valence-electron chi connectivity index (χ0n) is 20.2. The van der Waals surface area contributed by atoms with E-state index in [4.69, 9.17) is 0 Å². The summed E-state index contributed by atoms with van der Waals surface area (Å²) in [5.74, 6) is -9.37. The molecule has 1 aliphatic rings. The van der Waals surface area contributed by atoms with Crippen LogP contribution in [0.1, 0.15) is 48.3 Å². The van der Waals surface area contributed by atoms with Gasteiger partial charge in [0.25, 0.3) is 0 Å². The van der Waals surface area contributed by atoms with Crippen LogP contribution in [-0.2, 0) is 0 Å². The molecule has 3 aromatic rings. The molecular weight excluding hydrogens is 535 g/mol. The molecule has 0 aromatic heterocycles. The van der Waals surface area contributed by atoms with Crippen molar-refractivity contribution in [2.45, 2.75) is 38.0 Å². The van der Waals surface area contributed by atoms with E-state index in [0.717, 1.165) is 50.0 Å². The summed E-state index contributed by atoms with van der Waals surface area (Å²) >= 11 is 0. The molecule has 0 aliphatic heterocycles. The van der Waals surface area contributed by atoms with Crippen LogP contribution in [0.4, 0.5) is 39.5 Å². The zero-order valence-corrected chi connectivity index (χ0v) is 20.2. The highest BCUT2D eigenvalue weighted by Crippen LogP contribution is 2.38. The molecule has 0 atom stereocenters. The first kappa shape index (κ1) is 28.3.